The highest BCUT2D eigenvalue weighted by molar-refractivity contribution is 5.68. The number of ether oxygens (including phenoxy) is 1. The molecule has 1 aromatic carbocycles. The Hall–Kier alpha value is -4.72. The number of nitrogens with one attached hydrogen (secondary N) is 2. The highest BCUT2D eigenvalue weighted by Gasteiger charge is 2.28. The number of hydrogen-bond donors (Lipinski definition) is 2. The average molecular weight is 526 g/mol. The second-order valence-corrected chi connectivity index (χ2v) is 10.5. The van der Waals surface area contributed by atoms with Crippen LogP contribution >= 0.6 is 0 Å². The maximum atomic E-state index is 12.6. The molecule has 11 heteroatoms. The van der Waals surface area contributed by atoms with Gasteiger partial charge in [0.15, 0.2) is 11.5 Å². The molecule has 1 aliphatic heterocycles. The number of rotatable bonds is 6. The van der Waals surface area contributed by atoms with Gasteiger partial charge in [-0.05, 0) is 45.2 Å². The van der Waals surface area contributed by atoms with Crippen molar-refractivity contribution in [2.45, 2.75) is 51.8 Å². The molecule has 1 atom stereocenters. The van der Waals surface area contributed by atoms with Crippen molar-refractivity contribution >= 4 is 23.4 Å². The summed E-state index contributed by atoms with van der Waals surface area (Å²) in [6.07, 6.45) is 6.38. The summed E-state index contributed by atoms with van der Waals surface area (Å²) < 4.78 is 7.19. The van der Waals surface area contributed by atoms with Gasteiger partial charge in [0.2, 0.25) is 0 Å². The molecular formula is C28H31N9O2. The lowest BCUT2D eigenvalue weighted by atomic mass is 10.1. The number of carbonyl (C=O) groups excluding carboxylic acids is 1. The summed E-state index contributed by atoms with van der Waals surface area (Å²) in [6.45, 7) is 7.29. The van der Waals surface area contributed by atoms with Crippen molar-refractivity contribution in [3.05, 3.63) is 66.1 Å². The highest BCUT2D eigenvalue weighted by atomic mass is 16.6. The molecule has 0 aliphatic carbocycles. The van der Waals surface area contributed by atoms with Crippen LogP contribution in [0.3, 0.4) is 0 Å². The van der Waals surface area contributed by atoms with Gasteiger partial charge in [0.05, 0.1) is 6.20 Å². The van der Waals surface area contributed by atoms with Crippen LogP contribution in [0.2, 0.25) is 0 Å². The van der Waals surface area contributed by atoms with Crippen LogP contribution in [0.1, 0.15) is 44.7 Å². The molecular weight excluding hydrogens is 494 g/mol. The molecule has 4 aromatic rings. The minimum atomic E-state index is -0.546. The van der Waals surface area contributed by atoms with Crippen molar-refractivity contribution in [1.82, 2.24) is 29.5 Å². The first-order valence-electron chi connectivity index (χ1n) is 12.9. The van der Waals surface area contributed by atoms with Gasteiger partial charge in [-0.3, -0.25) is 0 Å². The smallest absolute Gasteiger partial charge is 0.410 e. The van der Waals surface area contributed by atoms with Gasteiger partial charge in [-0.2, -0.15) is 14.9 Å². The minimum absolute atomic E-state index is 0.00437. The van der Waals surface area contributed by atoms with E-state index in [-0.39, 0.29) is 12.1 Å². The lowest BCUT2D eigenvalue weighted by molar-refractivity contribution is 0.0206. The van der Waals surface area contributed by atoms with Gasteiger partial charge in [-0.25, -0.2) is 19.7 Å². The Bertz CT molecular complexity index is 1490. The number of fused-ring (bicyclic) bond motifs is 1. The standard InChI is InChI=1S/C28H31N9O2/c1-28(2,3)39-27(38)36-13-4-6-22(18-36)34-23-14-24(37-26(35-23)21(15-29)17-33-37)32-16-19-7-9-20(10-8-19)25-30-11-5-12-31-25/h5,7-12,14,17,22,32H,4,6,13,16,18H2,1-3H3,(H,34,35)/t22-/m0/s1. The number of nitrogens with zero attached hydrogens (tertiary/aromatic N) is 7. The Kier molecular flexibility index (Phi) is 7.27. The largest absolute Gasteiger partial charge is 0.444 e. The molecule has 3 aromatic heterocycles. The predicted molar refractivity (Wildman–Crippen MR) is 147 cm³/mol. The van der Waals surface area contributed by atoms with E-state index in [4.69, 9.17) is 4.74 Å². The lowest BCUT2D eigenvalue weighted by Gasteiger charge is -2.34. The van der Waals surface area contributed by atoms with Crippen LogP contribution < -0.4 is 10.6 Å². The molecule has 0 saturated carbocycles. The molecule has 200 valence electrons. The van der Waals surface area contributed by atoms with Crippen LogP contribution in [0.5, 0.6) is 0 Å². The summed E-state index contributed by atoms with van der Waals surface area (Å²) in [4.78, 5) is 27.6. The van der Waals surface area contributed by atoms with Gasteiger partial charge in [-0.1, -0.05) is 24.3 Å². The Morgan fingerprint density at radius 2 is 1.97 bits per heavy atom. The number of amides is 1. The fraction of sp³-hybridized carbons (Fsp3) is 0.357. The van der Waals surface area contributed by atoms with Crippen LogP contribution in [-0.4, -0.2) is 60.3 Å². The van der Waals surface area contributed by atoms with Gasteiger partial charge in [0.25, 0.3) is 0 Å². The van der Waals surface area contributed by atoms with Gasteiger partial charge in [-0.15, -0.1) is 0 Å². The molecule has 1 fully saturated rings. The molecule has 4 heterocycles. The Morgan fingerprint density at radius 3 is 2.69 bits per heavy atom. The van der Waals surface area contributed by atoms with Crippen LogP contribution in [-0.2, 0) is 11.3 Å². The van der Waals surface area contributed by atoms with Crippen molar-refractivity contribution in [2.24, 2.45) is 0 Å². The zero-order valence-electron chi connectivity index (χ0n) is 22.3. The molecule has 1 amide bonds. The molecule has 0 radical (unpaired) electrons. The summed E-state index contributed by atoms with van der Waals surface area (Å²) in [5.41, 5.74) is 2.29. The fourth-order valence-electron chi connectivity index (χ4n) is 4.45. The van der Waals surface area contributed by atoms with Gasteiger partial charge < -0.3 is 20.3 Å². The quantitative estimate of drug-likeness (QED) is 0.374. The second-order valence-electron chi connectivity index (χ2n) is 10.5. The normalized spacial score (nSPS) is 15.5. The van der Waals surface area contributed by atoms with Crippen molar-refractivity contribution in [1.29, 1.82) is 5.26 Å². The minimum Gasteiger partial charge on any atom is -0.444 e. The lowest BCUT2D eigenvalue weighted by Crippen LogP contribution is -2.47. The van der Waals surface area contributed by atoms with Crippen molar-refractivity contribution < 1.29 is 9.53 Å². The first-order chi connectivity index (χ1) is 18.8. The van der Waals surface area contributed by atoms with E-state index in [1.54, 1.807) is 27.9 Å². The molecule has 39 heavy (non-hydrogen) atoms. The predicted octanol–water partition coefficient (Wildman–Crippen LogP) is 4.48. The Labute approximate surface area is 226 Å². The first kappa shape index (κ1) is 25.9. The zero-order valence-corrected chi connectivity index (χ0v) is 22.3. The molecule has 2 N–H and O–H groups in total. The van der Waals surface area contributed by atoms with E-state index in [1.165, 1.54) is 6.20 Å². The van der Waals surface area contributed by atoms with E-state index in [0.29, 0.717) is 48.3 Å². The van der Waals surface area contributed by atoms with E-state index in [2.05, 4.69) is 36.8 Å². The maximum absolute atomic E-state index is 12.6. The monoisotopic (exact) mass is 525 g/mol. The Balaban J connectivity index is 1.32. The number of hydrogen-bond acceptors (Lipinski definition) is 9. The number of anilines is 2. The van der Waals surface area contributed by atoms with Gasteiger partial charge in [0.1, 0.15) is 28.9 Å². The number of carbonyl (C=O) groups is 1. The highest BCUT2D eigenvalue weighted by Crippen LogP contribution is 2.23. The summed E-state index contributed by atoms with van der Waals surface area (Å²) in [5, 5.41) is 20.8. The SMILES string of the molecule is CC(C)(C)OC(=O)N1CCC[C@H](Nc2cc(NCc3ccc(-c4ncccn4)cc3)n3ncc(C#N)c3n2)C1. The molecule has 0 bridgehead atoms. The first-order valence-corrected chi connectivity index (χ1v) is 12.9. The summed E-state index contributed by atoms with van der Waals surface area (Å²) in [7, 11) is 0. The zero-order chi connectivity index (χ0) is 27.4. The van der Waals surface area contributed by atoms with E-state index >= 15 is 0 Å². The van der Waals surface area contributed by atoms with Gasteiger partial charge >= 0.3 is 6.09 Å². The van der Waals surface area contributed by atoms with Crippen LogP contribution in [0.4, 0.5) is 16.4 Å². The molecule has 0 spiro atoms. The molecule has 1 aliphatic rings. The number of benzene rings is 1. The number of aromatic nitrogens is 5. The van der Waals surface area contributed by atoms with Crippen LogP contribution in [0.15, 0.2) is 55.0 Å². The number of nitriles is 1. The Morgan fingerprint density at radius 1 is 1.21 bits per heavy atom. The van der Waals surface area contributed by atoms with Crippen LogP contribution in [0.25, 0.3) is 17.0 Å². The van der Waals surface area contributed by atoms with Crippen molar-refractivity contribution in [3.8, 4) is 17.5 Å². The summed E-state index contributed by atoms with van der Waals surface area (Å²) in [6, 6.07) is 13.8. The van der Waals surface area contributed by atoms with Crippen molar-refractivity contribution in [2.75, 3.05) is 23.7 Å². The molecule has 11 nitrogen and oxygen atoms in total. The van der Waals surface area contributed by atoms with Gasteiger partial charge in [0, 0.05) is 49.7 Å². The summed E-state index contributed by atoms with van der Waals surface area (Å²) >= 11 is 0. The molecule has 5 rings (SSSR count). The van der Waals surface area contributed by atoms with Crippen LogP contribution in [0, 0.1) is 11.3 Å². The van der Waals surface area contributed by atoms with E-state index in [0.717, 1.165) is 24.0 Å². The fourth-order valence-corrected chi connectivity index (χ4v) is 4.45. The summed E-state index contributed by atoms with van der Waals surface area (Å²) in [5.74, 6) is 1.98. The second kappa shape index (κ2) is 10.9. The van der Waals surface area contributed by atoms with Crippen molar-refractivity contribution in [3.63, 3.8) is 0 Å². The topological polar surface area (TPSA) is 133 Å². The third-order valence-electron chi connectivity index (χ3n) is 6.27. The van der Waals surface area contributed by atoms with E-state index in [1.807, 2.05) is 51.1 Å². The van der Waals surface area contributed by atoms with E-state index < -0.39 is 5.60 Å². The molecule has 0 unspecified atom stereocenters. The third-order valence-corrected chi connectivity index (χ3v) is 6.27. The van der Waals surface area contributed by atoms with E-state index in [9.17, 15) is 10.1 Å². The maximum Gasteiger partial charge on any atom is 0.410 e. The average Bonchev–Trinajstić information content (AvgIpc) is 3.35. The number of piperidine rings is 1. The molecule has 1 saturated heterocycles. The third kappa shape index (κ3) is 6.23. The number of likely N-dealkylation sites (tertiary alicyclic amines) is 1.